The molecule has 0 aromatic carbocycles. The molecule has 3 atom stereocenters. The first kappa shape index (κ1) is 14.3. The Balaban J connectivity index is 2.04. The topological polar surface area (TPSA) is 35.2 Å². The van der Waals surface area contributed by atoms with Crippen LogP contribution in [0.25, 0.3) is 0 Å². The van der Waals surface area contributed by atoms with Crippen molar-refractivity contribution < 1.29 is 4.74 Å². The summed E-state index contributed by atoms with van der Waals surface area (Å²) in [7, 11) is 0. The van der Waals surface area contributed by atoms with E-state index in [1.165, 1.54) is 57.8 Å². The summed E-state index contributed by atoms with van der Waals surface area (Å²) >= 11 is 0. The highest BCUT2D eigenvalue weighted by atomic mass is 16.5. The lowest BCUT2D eigenvalue weighted by molar-refractivity contribution is -0.0975. The molecule has 2 nitrogen and oxygen atoms in total. The number of hydrogen-bond acceptors (Lipinski definition) is 2. The van der Waals surface area contributed by atoms with E-state index in [0.29, 0.717) is 5.92 Å². The largest absolute Gasteiger partial charge is 0.374 e. The van der Waals surface area contributed by atoms with Gasteiger partial charge in [0.25, 0.3) is 0 Å². The monoisotopic (exact) mass is 253 g/mol. The molecule has 0 aromatic rings. The Bertz CT molecular complexity index is 242. The summed E-state index contributed by atoms with van der Waals surface area (Å²) in [5.74, 6) is 1.55. The molecule has 2 rings (SSSR count). The van der Waals surface area contributed by atoms with E-state index < -0.39 is 0 Å². The third kappa shape index (κ3) is 3.08. The standard InChI is InChI=1S/C16H31NO/c1-3-18-16(10-5-4-6-11-16)15(17)14-9-7-8-13(2)12-14/h13-15H,3-12,17H2,1-2H3. The van der Waals surface area contributed by atoms with Crippen LogP contribution in [0.4, 0.5) is 0 Å². The van der Waals surface area contributed by atoms with Crippen LogP contribution in [-0.4, -0.2) is 18.2 Å². The quantitative estimate of drug-likeness (QED) is 0.825. The maximum absolute atomic E-state index is 6.68. The second-order valence-corrected chi connectivity index (χ2v) is 6.62. The predicted octanol–water partition coefficient (Wildman–Crippen LogP) is 3.88. The number of rotatable bonds is 4. The lowest BCUT2D eigenvalue weighted by Gasteiger charge is -2.46. The van der Waals surface area contributed by atoms with Crippen molar-refractivity contribution in [3.8, 4) is 0 Å². The fourth-order valence-electron chi connectivity index (χ4n) is 4.25. The van der Waals surface area contributed by atoms with Gasteiger partial charge in [0.15, 0.2) is 0 Å². The van der Waals surface area contributed by atoms with Gasteiger partial charge in [0.2, 0.25) is 0 Å². The van der Waals surface area contributed by atoms with Gasteiger partial charge in [-0.2, -0.15) is 0 Å². The van der Waals surface area contributed by atoms with Crippen LogP contribution < -0.4 is 5.73 Å². The van der Waals surface area contributed by atoms with Crippen LogP contribution in [-0.2, 0) is 4.74 Å². The number of nitrogens with two attached hydrogens (primary N) is 1. The fraction of sp³-hybridized carbons (Fsp3) is 1.00. The van der Waals surface area contributed by atoms with Crippen molar-refractivity contribution in [1.29, 1.82) is 0 Å². The van der Waals surface area contributed by atoms with Crippen LogP contribution in [0.5, 0.6) is 0 Å². The Morgan fingerprint density at radius 2 is 1.89 bits per heavy atom. The summed E-state index contributed by atoms with van der Waals surface area (Å²) in [6, 6.07) is 0.264. The zero-order valence-corrected chi connectivity index (χ0v) is 12.3. The first-order valence-electron chi connectivity index (χ1n) is 8.07. The molecular formula is C16H31NO. The average molecular weight is 253 g/mol. The van der Waals surface area contributed by atoms with Gasteiger partial charge >= 0.3 is 0 Å². The van der Waals surface area contributed by atoms with E-state index in [1.807, 2.05) is 0 Å². The van der Waals surface area contributed by atoms with Crippen molar-refractivity contribution in [3.05, 3.63) is 0 Å². The minimum Gasteiger partial charge on any atom is -0.374 e. The molecule has 0 heterocycles. The average Bonchev–Trinajstić information content (AvgIpc) is 2.39. The van der Waals surface area contributed by atoms with Crippen LogP contribution >= 0.6 is 0 Å². The summed E-state index contributed by atoms with van der Waals surface area (Å²) in [6.45, 7) is 5.32. The van der Waals surface area contributed by atoms with E-state index in [-0.39, 0.29) is 11.6 Å². The van der Waals surface area contributed by atoms with Gasteiger partial charge in [0.1, 0.15) is 0 Å². The molecule has 0 amide bonds. The minimum atomic E-state index is 0.00866. The lowest BCUT2D eigenvalue weighted by Crippen LogP contribution is -2.55. The fourth-order valence-corrected chi connectivity index (χ4v) is 4.25. The zero-order chi connectivity index (χ0) is 13.0. The molecule has 106 valence electrons. The van der Waals surface area contributed by atoms with Gasteiger partial charge < -0.3 is 10.5 Å². The van der Waals surface area contributed by atoms with Crippen molar-refractivity contribution in [2.24, 2.45) is 17.6 Å². The summed E-state index contributed by atoms with van der Waals surface area (Å²) in [4.78, 5) is 0. The van der Waals surface area contributed by atoms with Crippen molar-refractivity contribution in [2.75, 3.05) is 6.61 Å². The van der Waals surface area contributed by atoms with E-state index in [1.54, 1.807) is 0 Å². The smallest absolute Gasteiger partial charge is 0.0835 e. The third-order valence-corrected chi connectivity index (χ3v) is 5.22. The molecule has 2 saturated carbocycles. The van der Waals surface area contributed by atoms with Gasteiger partial charge in [-0.3, -0.25) is 0 Å². The van der Waals surface area contributed by atoms with Crippen molar-refractivity contribution in [2.45, 2.75) is 83.3 Å². The molecule has 0 aliphatic heterocycles. The molecule has 0 aromatic heterocycles. The molecular weight excluding hydrogens is 222 g/mol. The molecule has 2 N–H and O–H groups in total. The predicted molar refractivity (Wildman–Crippen MR) is 76.5 cm³/mol. The summed E-state index contributed by atoms with van der Waals surface area (Å²) in [5, 5.41) is 0. The van der Waals surface area contributed by atoms with Crippen LogP contribution in [0.1, 0.15) is 71.6 Å². The van der Waals surface area contributed by atoms with Crippen LogP contribution in [0.15, 0.2) is 0 Å². The Hall–Kier alpha value is -0.0800. The Labute approximate surface area is 113 Å². The second-order valence-electron chi connectivity index (χ2n) is 6.62. The molecule has 0 bridgehead atoms. The van der Waals surface area contributed by atoms with E-state index in [2.05, 4.69) is 13.8 Å². The first-order valence-corrected chi connectivity index (χ1v) is 8.07. The maximum Gasteiger partial charge on any atom is 0.0835 e. The lowest BCUT2D eigenvalue weighted by atomic mass is 9.69. The van der Waals surface area contributed by atoms with Gasteiger partial charge in [-0.05, 0) is 44.4 Å². The highest BCUT2D eigenvalue weighted by molar-refractivity contribution is 4.98. The number of ether oxygens (including phenoxy) is 1. The van der Waals surface area contributed by atoms with Gasteiger partial charge in [-0.25, -0.2) is 0 Å². The molecule has 2 aliphatic carbocycles. The maximum atomic E-state index is 6.68. The van der Waals surface area contributed by atoms with Crippen molar-refractivity contribution >= 4 is 0 Å². The van der Waals surface area contributed by atoms with E-state index in [0.717, 1.165) is 12.5 Å². The van der Waals surface area contributed by atoms with Gasteiger partial charge in [-0.1, -0.05) is 39.0 Å². The van der Waals surface area contributed by atoms with Gasteiger partial charge in [0.05, 0.1) is 5.60 Å². The van der Waals surface area contributed by atoms with Crippen LogP contribution in [0.3, 0.4) is 0 Å². The normalized spacial score (nSPS) is 34.2. The highest BCUT2D eigenvalue weighted by Crippen LogP contribution is 2.41. The minimum absolute atomic E-state index is 0.00866. The molecule has 2 heteroatoms. The zero-order valence-electron chi connectivity index (χ0n) is 12.3. The van der Waals surface area contributed by atoms with Crippen molar-refractivity contribution in [3.63, 3.8) is 0 Å². The molecule has 3 unspecified atom stereocenters. The molecule has 2 aliphatic rings. The molecule has 0 spiro atoms. The summed E-state index contributed by atoms with van der Waals surface area (Å²) in [5.41, 5.74) is 6.69. The van der Waals surface area contributed by atoms with Crippen molar-refractivity contribution in [1.82, 2.24) is 0 Å². The molecule has 0 saturated heterocycles. The first-order chi connectivity index (χ1) is 8.68. The Morgan fingerprint density at radius 3 is 2.50 bits per heavy atom. The van der Waals surface area contributed by atoms with Gasteiger partial charge in [-0.15, -0.1) is 0 Å². The second kappa shape index (κ2) is 6.38. The van der Waals surface area contributed by atoms with E-state index >= 15 is 0 Å². The number of hydrogen-bond donors (Lipinski definition) is 1. The third-order valence-electron chi connectivity index (χ3n) is 5.22. The molecule has 2 fully saturated rings. The van der Waals surface area contributed by atoms with Crippen LogP contribution in [0.2, 0.25) is 0 Å². The Morgan fingerprint density at radius 1 is 1.17 bits per heavy atom. The molecule has 18 heavy (non-hydrogen) atoms. The SMILES string of the molecule is CCOC1(C(N)C2CCCC(C)C2)CCCCC1. The Kier molecular flexibility index (Phi) is 5.08. The van der Waals surface area contributed by atoms with Crippen LogP contribution in [0, 0.1) is 11.8 Å². The highest BCUT2D eigenvalue weighted by Gasteiger charge is 2.43. The summed E-state index contributed by atoms with van der Waals surface area (Å²) < 4.78 is 6.20. The summed E-state index contributed by atoms with van der Waals surface area (Å²) in [6.07, 6.45) is 11.7. The molecule has 0 radical (unpaired) electrons. The van der Waals surface area contributed by atoms with Gasteiger partial charge in [0, 0.05) is 12.6 Å². The van der Waals surface area contributed by atoms with E-state index in [9.17, 15) is 0 Å². The van der Waals surface area contributed by atoms with E-state index in [4.69, 9.17) is 10.5 Å².